The summed E-state index contributed by atoms with van der Waals surface area (Å²) in [6.07, 6.45) is 0.758. The van der Waals surface area contributed by atoms with Gasteiger partial charge in [-0.05, 0) is 32.9 Å². The highest BCUT2D eigenvalue weighted by atomic mass is 35.5. The highest BCUT2D eigenvalue weighted by molar-refractivity contribution is 6.30. The molecule has 1 N–H and O–H groups in total. The number of fused-ring (bicyclic) bond motifs is 1. The van der Waals surface area contributed by atoms with Crippen LogP contribution in [0, 0.1) is 6.92 Å². The summed E-state index contributed by atoms with van der Waals surface area (Å²) in [4.78, 5) is 14.5. The van der Waals surface area contributed by atoms with Crippen LogP contribution in [0.25, 0.3) is 5.69 Å². The van der Waals surface area contributed by atoms with E-state index in [-0.39, 0.29) is 11.3 Å². The lowest BCUT2D eigenvalue weighted by Crippen LogP contribution is -2.25. The minimum absolute atomic E-state index is 0.295. The monoisotopic (exact) mass is 279 g/mol. The summed E-state index contributed by atoms with van der Waals surface area (Å²) in [6.45, 7) is 5.74. The molecular weight excluding hydrogens is 266 g/mol. The van der Waals surface area contributed by atoms with Crippen LogP contribution in [0.1, 0.15) is 25.2 Å². The standard InChI is InChI=1S/C13H14ClN3O2/c1-7-15-12(18)17(16-7)10-5-9(14)4-8-6-13(2,3)19-11(8)10/h4-5H,6H2,1-3H3,(H,15,16,18). The predicted molar refractivity (Wildman–Crippen MR) is 72.3 cm³/mol. The van der Waals surface area contributed by atoms with Crippen LogP contribution in [-0.4, -0.2) is 20.4 Å². The summed E-state index contributed by atoms with van der Waals surface area (Å²) in [5.74, 6) is 1.24. The number of hydrogen-bond donors (Lipinski definition) is 1. The Labute approximate surface area is 115 Å². The molecule has 0 spiro atoms. The van der Waals surface area contributed by atoms with Crippen molar-refractivity contribution in [3.8, 4) is 11.4 Å². The summed E-state index contributed by atoms with van der Waals surface area (Å²) in [7, 11) is 0. The van der Waals surface area contributed by atoms with Crippen molar-refractivity contribution in [3.63, 3.8) is 0 Å². The van der Waals surface area contributed by atoms with E-state index in [1.807, 2.05) is 19.9 Å². The number of aromatic amines is 1. The molecule has 0 saturated carbocycles. The summed E-state index contributed by atoms with van der Waals surface area (Å²) in [5, 5.41) is 4.73. The minimum atomic E-state index is -0.296. The molecule has 0 aliphatic carbocycles. The molecule has 19 heavy (non-hydrogen) atoms. The summed E-state index contributed by atoms with van der Waals surface area (Å²) >= 11 is 6.12. The molecule has 0 atom stereocenters. The molecule has 100 valence electrons. The first-order valence-corrected chi connectivity index (χ1v) is 6.41. The second kappa shape index (κ2) is 3.87. The van der Waals surface area contributed by atoms with E-state index in [1.165, 1.54) is 4.68 Å². The third-order valence-electron chi connectivity index (χ3n) is 3.06. The zero-order valence-electron chi connectivity index (χ0n) is 11.0. The van der Waals surface area contributed by atoms with Crippen molar-refractivity contribution in [2.75, 3.05) is 0 Å². The smallest absolute Gasteiger partial charge is 0.348 e. The van der Waals surface area contributed by atoms with E-state index < -0.39 is 0 Å². The van der Waals surface area contributed by atoms with Crippen molar-refractivity contribution < 1.29 is 4.74 Å². The fraction of sp³-hybridized carbons (Fsp3) is 0.385. The number of H-pyrrole nitrogens is 1. The highest BCUT2D eigenvalue weighted by Gasteiger charge is 2.33. The number of aryl methyl sites for hydroxylation is 1. The van der Waals surface area contributed by atoms with Gasteiger partial charge in [0.15, 0.2) is 0 Å². The molecule has 5 nitrogen and oxygen atoms in total. The lowest BCUT2D eigenvalue weighted by Gasteiger charge is -2.17. The number of halogens is 1. The Kier molecular flexibility index (Phi) is 2.50. The molecule has 1 aromatic carbocycles. The SMILES string of the molecule is Cc1nn(-c2cc(Cl)cc3c2OC(C)(C)C3)c(=O)[nH]1. The number of benzene rings is 1. The largest absolute Gasteiger partial charge is 0.485 e. The Balaban J connectivity index is 2.24. The van der Waals surface area contributed by atoms with Gasteiger partial charge in [0, 0.05) is 17.0 Å². The molecule has 0 amide bonds. The lowest BCUT2D eigenvalue weighted by molar-refractivity contribution is 0.138. The maximum atomic E-state index is 11.9. The molecule has 1 aliphatic heterocycles. The Morgan fingerprint density at radius 3 is 2.84 bits per heavy atom. The third-order valence-corrected chi connectivity index (χ3v) is 3.28. The van der Waals surface area contributed by atoms with E-state index in [1.54, 1.807) is 13.0 Å². The van der Waals surface area contributed by atoms with Gasteiger partial charge in [0.05, 0.1) is 0 Å². The van der Waals surface area contributed by atoms with Crippen molar-refractivity contribution in [3.05, 3.63) is 39.0 Å². The maximum absolute atomic E-state index is 11.9. The second-order valence-corrected chi connectivity index (χ2v) is 5.82. The van der Waals surface area contributed by atoms with Crippen molar-refractivity contribution >= 4 is 11.6 Å². The van der Waals surface area contributed by atoms with Crippen molar-refractivity contribution in [2.24, 2.45) is 0 Å². The quantitative estimate of drug-likeness (QED) is 0.871. The molecule has 6 heteroatoms. The van der Waals surface area contributed by atoms with Crippen LogP contribution >= 0.6 is 11.6 Å². The van der Waals surface area contributed by atoms with E-state index in [2.05, 4.69) is 10.1 Å². The van der Waals surface area contributed by atoms with Gasteiger partial charge >= 0.3 is 5.69 Å². The summed E-state index contributed by atoms with van der Waals surface area (Å²) in [6, 6.07) is 3.57. The van der Waals surface area contributed by atoms with Crippen molar-refractivity contribution in [1.82, 2.24) is 14.8 Å². The molecular formula is C13H14ClN3O2. The molecule has 1 aromatic heterocycles. The van der Waals surface area contributed by atoms with Crippen LogP contribution in [0.2, 0.25) is 5.02 Å². The van der Waals surface area contributed by atoms with Crippen LogP contribution in [0.5, 0.6) is 5.75 Å². The van der Waals surface area contributed by atoms with Gasteiger partial charge in [-0.2, -0.15) is 9.78 Å². The average Bonchev–Trinajstić information content (AvgIpc) is 2.75. The second-order valence-electron chi connectivity index (χ2n) is 5.38. The van der Waals surface area contributed by atoms with Crippen LogP contribution in [0.4, 0.5) is 0 Å². The first-order valence-electron chi connectivity index (χ1n) is 6.03. The lowest BCUT2D eigenvalue weighted by atomic mass is 10.0. The maximum Gasteiger partial charge on any atom is 0.348 e. The topological polar surface area (TPSA) is 59.9 Å². The number of nitrogens with one attached hydrogen (secondary N) is 1. The van der Waals surface area contributed by atoms with Crippen LogP contribution in [0.15, 0.2) is 16.9 Å². The zero-order valence-corrected chi connectivity index (χ0v) is 11.7. The molecule has 3 rings (SSSR count). The Hall–Kier alpha value is -1.75. The van der Waals surface area contributed by atoms with Crippen molar-refractivity contribution in [1.29, 1.82) is 0 Å². The van der Waals surface area contributed by atoms with E-state index in [4.69, 9.17) is 16.3 Å². The zero-order chi connectivity index (χ0) is 13.8. The van der Waals surface area contributed by atoms with Gasteiger partial charge < -0.3 is 4.74 Å². The molecule has 0 saturated heterocycles. The van der Waals surface area contributed by atoms with Crippen molar-refractivity contribution in [2.45, 2.75) is 32.8 Å². The summed E-state index contributed by atoms with van der Waals surface area (Å²) in [5.41, 5.74) is 0.995. The number of nitrogens with zero attached hydrogens (tertiary/aromatic N) is 2. The van der Waals surface area contributed by atoms with E-state index in [0.717, 1.165) is 12.0 Å². The number of aromatic nitrogens is 3. The fourth-order valence-electron chi connectivity index (χ4n) is 2.40. The van der Waals surface area contributed by atoms with Gasteiger partial charge in [-0.15, -0.1) is 0 Å². The molecule has 0 bridgehead atoms. The number of rotatable bonds is 1. The molecule has 2 heterocycles. The number of hydrogen-bond acceptors (Lipinski definition) is 3. The minimum Gasteiger partial charge on any atom is -0.485 e. The predicted octanol–water partition coefficient (Wildman–Crippen LogP) is 2.24. The Morgan fingerprint density at radius 1 is 1.47 bits per heavy atom. The summed E-state index contributed by atoms with van der Waals surface area (Å²) < 4.78 is 7.22. The van der Waals surface area contributed by atoms with Gasteiger partial charge in [0.1, 0.15) is 22.9 Å². The highest BCUT2D eigenvalue weighted by Crippen LogP contribution is 2.40. The fourth-order valence-corrected chi connectivity index (χ4v) is 2.64. The van der Waals surface area contributed by atoms with Gasteiger partial charge in [0.25, 0.3) is 0 Å². The Morgan fingerprint density at radius 2 is 2.21 bits per heavy atom. The van der Waals surface area contributed by atoms with Gasteiger partial charge in [0.2, 0.25) is 0 Å². The van der Waals surface area contributed by atoms with Gasteiger partial charge in [-0.25, -0.2) is 4.79 Å². The average molecular weight is 280 g/mol. The van der Waals surface area contributed by atoms with Crippen LogP contribution in [-0.2, 0) is 6.42 Å². The first-order chi connectivity index (χ1) is 8.85. The first kappa shape index (κ1) is 12.3. The molecule has 0 fully saturated rings. The molecule has 2 aromatic rings. The van der Waals surface area contributed by atoms with Crippen LogP contribution in [0.3, 0.4) is 0 Å². The normalized spacial score (nSPS) is 16.2. The third kappa shape index (κ3) is 2.04. The van der Waals surface area contributed by atoms with Gasteiger partial charge in [-0.3, -0.25) is 4.98 Å². The van der Waals surface area contributed by atoms with E-state index >= 15 is 0 Å². The van der Waals surface area contributed by atoms with E-state index in [9.17, 15) is 4.79 Å². The van der Waals surface area contributed by atoms with Crippen LogP contribution < -0.4 is 10.4 Å². The molecule has 0 radical (unpaired) electrons. The van der Waals surface area contributed by atoms with E-state index in [0.29, 0.717) is 22.3 Å². The molecule has 1 aliphatic rings. The Bertz CT molecular complexity index is 715. The van der Waals surface area contributed by atoms with Gasteiger partial charge in [-0.1, -0.05) is 11.6 Å². The number of ether oxygens (including phenoxy) is 1. The molecule has 0 unspecified atom stereocenters.